The van der Waals surface area contributed by atoms with Crippen molar-refractivity contribution in [2.75, 3.05) is 0 Å². The molecule has 0 aromatic heterocycles. The van der Waals surface area contributed by atoms with E-state index in [1.165, 1.54) is 5.57 Å². The zero-order chi connectivity index (χ0) is 24.6. The van der Waals surface area contributed by atoms with E-state index in [1.54, 1.807) is 20.8 Å². The predicted molar refractivity (Wildman–Crippen MR) is 127 cm³/mol. The molecule has 0 bridgehead atoms. The van der Waals surface area contributed by atoms with Crippen LogP contribution in [0.2, 0.25) is 0 Å². The van der Waals surface area contributed by atoms with E-state index in [2.05, 4.69) is 33.8 Å². The predicted octanol–water partition coefficient (Wildman–Crippen LogP) is 5.30. The van der Waals surface area contributed by atoms with Gasteiger partial charge in [0.25, 0.3) is 0 Å². The van der Waals surface area contributed by atoms with E-state index in [0.29, 0.717) is 12.8 Å². The third-order valence-corrected chi connectivity index (χ3v) is 8.30. The average molecular weight is 449 g/mol. The van der Waals surface area contributed by atoms with Gasteiger partial charge in [0.15, 0.2) is 11.6 Å². The van der Waals surface area contributed by atoms with Crippen molar-refractivity contribution >= 4 is 11.6 Å². The second kappa shape index (κ2) is 9.42. The van der Waals surface area contributed by atoms with Gasteiger partial charge in [-0.2, -0.15) is 0 Å². The molecule has 1 saturated carbocycles. The summed E-state index contributed by atoms with van der Waals surface area (Å²) in [5.74, 6) is -1.82. The van der Waals surface area contributed by atoms with Crippen molar-refractivity contribution in [3.63, 3.8) is 0 Å². The van der Waals surface area contributed by atoms with E-state index in [1.807, 2.05) is 6.92 Å². The van der Waals surface area contributed by atoms with E-state index in [0.717, 1.165) is 19.3 Å². The second-order valence-corrected chi connectivity index (χ2v) is 11.6. The minimum absolute atomic E-state index is 0.119. The van der Waals surface area contributed by atoms with Gasteiger partial charge in [-0.15, -0.1) is 0 Å². The Morgan fingerprint density at radius 2 is 1.88 bits per heavy atom. The number of hydrogen-bond acceptors (Lipinski definition) is 5. The van der Waals surface area contributed by atoms with Crippen LogP contribution in [0.1, 0.15) is 93.9 Å². The minimum atomic E-state index is -1.11. The molecule has 2 aliphatic carbocycles. The maximum absolute atomic E-state index is 13.1. The fraction of sp³-hybridized carbons (Fsp3) is 0.778. The largest absolute Gasteiger partial charge is 0.511 e. The van der Waals surface area contributed by atoms with Crippen LogP contribution in [-0.2, 0) is 9.59 Å². The van der Waals surface area contributed by atoms with Gasteiger partial charge >= 0.3 is 0 Å². The van der Waals surface area contributed by atoms with Crippen LogP contribution in [0.15, 0.2) is 23.0 Å². The Balaban J connectivity index is 2.67. The molecule has 0 aromatic carbocycles. The fourth-order valence-electron chi connectivity index (χ4n) is 6.45. The first kappa shape index (κ1) is 26.8. The lowest BCUT2D eigenvalue weighted by molar-refractivity contribution is -0.130. The minimum Gasteiger partial charge on any atom is -0.511 e. The number of Topliss-reactive ketones (excluding diaryl/α,β-unsaturated/α-hetero) is 2. The molecule has 0 aromatic rings. The van der Waals surface area contributed by atoms with Crippen molar-refractivity contribution < 1.29 is 24.9 Å². The molecule has 3 N–H and O–H groups in total. The smallest absolute Gasteiger partial charge is 0.172 e. The number of allylic oxidation sites excluding steroid dienone is 3. The summed E-state index contributed by atoms with van der Waals surface area (Å²) in [6.45, 7) is 15.5. The first-order valence-electron chi connectivity index (χ1n) is 12.2. The molecule has 5 atom stereocenters. The van der Waals surface area contributed by atoms with Crippen LogP contribution in [0.4, 0.5) is 0 Å². The zero-order valence-electron chi connectivity index (χ0n) is 21.3. The molecule has 0 radical (unpaired) electrons. The highest BCUT2D eigenvalue weighted by Gasteiger charge is 2.66. The lowest BCUT2D eigenvalue weighted by atomic mass is 9.60. The number of carbonyl (C=O) groups is 2. The summed E-state index contributed by atoms with van der Waals surface area (Å²) in [6, 6.07) is 0. The van der Waals surface area contributed by atoms with Gasteiger partial charge in [-0.05, 0) is 77.0 Å². The van der Waals surface area contributed by atoms with E-state index in [-0.39, 0.29) is 41.3 Å². The zero-order valence-corrected chi connectivity index (χ0v) is 21.3. The van der Waals surface area contributed by atoms with Crippen molar-refractivity contribution in [1.29, 1.82) is 0 Å². The van der Waals surface area contributed by atoms with Crippen LogP contribution < -0.4 is 0 Å². The van der Waals surface area contributed by atoms with Gasteiger partial charge < -0.3 is 15.3 Å². The van der Waals surface area contributed by atoms with Crippen LogP contribution in [-0.4, -0.2) is 38.6 Å². The molecular formula is C27H44O5. The van der Waals surface area contributed by atoms with Crippen LogP contribution in [0.3, 0.4) is 0 Å². The van der Waals surface area contributed by atoms with Crippen LogP contribution in [0.5, 0.6) is 0 Å². The van der Waals surface area contributed by atoms with Crippen LogP contribution >= 0.6 is 0 Å². The summed E-state index contributed by atoms with van der Waals surface area (Å²) in [7, 11) is 0. The van der Waals surface area contributed by atoms with Gasteiger partial charge in [-0.1, -0.05) is 39.3 Å². The molecule has 2 unspecified atom stereocenters. The number of aliphatic hydroxyl groups excluding tert-OH is 2. The summed E-state index contributed by atoms with van der Waals surface area (Å²) < 4.78 is 0. The van der Waals surface area contributed by atoms with Crippen LogP contribution in [0.25, 0.3) is 0 Å². The Kier molecular flexibility index (Phi) is 7.89. The SMILES string of the molecule is CCC(C)C(=O)C1=C(O)[C@]2(C[C@H](C(C)(C)O)C(C)(C)[C@@H]2CCCC=C(C)C)C(O)CC1=O. The summed E-state index contributed by atoms with van der Waals surface area (Å²) in [6.07, 6.45) is 4.32. The monoisotopic (exact) mass is 448 g/mol. The molecule has 182 valence electrons. The van der Waals surface area contributed by atoms with Crippen molar-refractivity contribution in [3.05, 3.63) is 23.0 Å². The van der Waals surface area contributed by atoms with E-state index < -0.39 is 28.3 Å². The van der Waals surface area contributed by atoms with Gasteiger partial charge in [0.1, 0.15) is 5.76 Å². The maximum atomic E-state index is 13.1. The Bertz CT molecular complexity index is 793. The summed E-state index contributed by atoms with van der Waals surface area (Å²) in [4.78, 5) is 25.9. The molecule has 1 spiro atoms. The molecule has 32 heavy (non-hydrogen) atoms. The molecule has 1 fully saturated rings. The molecule has 2 aliphatic rings. The van der Waals surface area contributed by atoms with E-state index in [9.17, 15) is 24.9 Å². The topological polar surface area (TPSA) is 94.8 Å². The average Bonchev–Trinajstić information content (AvgIpc) is 2.91. The number of carbonyl (C=O) groups excluding carboxylic acids is 2. The Hall–Kier alpha value is -1.46. The quantitative estimate of drug-likeness (QED) is 0.266. The van der Waals surface area contributed by atoms with E-state index in [4.69, 9.17) is 0 Å². The summed E-state index contributed by atoms with van der Waals surface area (Å²) in [5, 5.41) is 33.9. The fourth-order valence-corrected chi connectivity index (χ4v) is 6.45. The maximum Gasteiger partial charge on any atom is 0.172 e. The molecule has 2 rings (SSSR count). The molecule has 0 saturated heterocycles. The first-order chi connectivity index (χ1) is 14.6. The van der Waals surface area contributed by atoms with Crippen molar-refractivity contribution in [2.24, 2.45) is 28.6 Å². The number of ketones is 2. The van der Waals surface area contributed by atoms with Gasteiger partial charge in [0.05, 0.1) is 22.7 Å². The van der Waals surface area contributed by atoms with Crippen LogP contribution in [0, 0.1) is 28.6 Å². The number of rotatable bonds is 8. The van der Waals surface area contributed by atoms with Crippen molar-refractivity contribution in [1.82, 2.24) is 0 Å². The van der Waals surface area contributed by atoms with Gasteiger partial charge in [-0.25, -0.2) is 0 Å². The van der Waals surface area contributed by atoms with E-state index >= 15 is 0 Å². The highest BCUT2D eigenvalue weighted by molar-refractivity contribution is 6.22. The molecule has 5 heteroatoms. The highest BCUT2D eigenvalue weighted by Crippen LogP contribution is 2.67. The highest BCUT2D eigenvalue weighted by atomic mass is 16.3. The normalized spacial score (nSPS) is 31.2. The summed E-state index contributed by atoms with van der Waals surface area (Å²) >= 11 is 0. The number of aliphatic hydroxyl groups is 3. The Morgan fingerprint density at radius 1 is 1.28 bits per heavy atom. The van der Waals surface area contributed by atoms with Gasteiger partial charge in [0.2, 0.25) is 0 Å². The Morgan fingerprint density at radius 3 is 2.38 bits per heavy atom. The standard InChI is InChI=1S/C27H44O5/c1-9-17(4)23(30)22-18(28)14-21(29)27(24(22)31)15-20(26(7,8)32)25(5,6)19(27)13-11-10-12-16(2)3/h12,17,19-21,29,31-32H,9-11,13-15H2,1-8H3/t17?,19-,20-,21?,27-/m0/s1. The number of unbranched alkanes of at least 4 members (excludes halogenated alkanes) is 1. The second-order valence-electron chi connectivity index (χ2n) is 11.6. The third-order valence-electron chi connectivity index (χ3n) is 8.30. The van der Waals surface area contributed by atoms with Crippen molar-refractivity contribution in [2.45, 2.75) is 106 Å². The molecule has 0 aliphatic heterocycles. The number of hydrogen-bond donors (Lipinski definition) is 3. The lowest BCUT2D eigenvalue weighted by Crippen LogP contribution is -2.49. The molecular weight excluding hydrogens is 404 g/mol. The lowest BCUT2D eigenvalue weighted by Gasteiger charge is -2.46. The third kappa shape index (κ3) is 4.61. The molecule has 0 heterocycles. The van der Waals surface area contributed by atoms with Gasteiger partial charge in [0, 0.05) is 12.3 Å². The molecule has 5 nitrogen and oxygen atoms in total. The first-order valence-corrected chi connectivity index (χ1v) is 12.2. The Labute approximate surface area is 194 Å². The summed E-state index contributed by atoms with van der Waals surface area (Å²) in [5.41, 5.74) is -1.43. The molecule has 0 amide bonds. The van der Waals surface area contributed by atoms with Gasteiger partial charge in [-0.3, -0.25) is 9.59 Å². The van der Waals surface area contributed by atoms with Crippen molar-refractivity contribution in [3.8, 4) is 0 Å².